The van der Waals surface area contributed by atoms with Crippen LogP contribution in [-0.4, -0.2) is 29.0 Å². The van der Waals surface area contributed by atoms with E-state index in [1.54, 1.807) is 0 Å². The maximum absolute atomic E-state index is 5.66. The molecule has 1 unspecified atom stereocenters. The highest BCUT2D eigenvalue weighted by Crippen LogP contribution is 2.38. The first-order chi connectivity index (χ1) is 7.90. The standard InChI is InChI=1S/C11H19N3OS/c1-2-6-12-7-5-10-13-14-11(15-10)9-4-3-8-16-9/h9,12H,2-8H2,1H3. The summed E-state index contributed by atoms with van der Waals surface area (Å²) in [7, 11) is 0. The van der Waals surface area contributed by atoms with Crippen molar-refractivity contribution in [2.24, 2.45) is 0 Å². The smallest absolute Gasteiger partial charge is 0.229 e. The SMILES string of the molecule is CCCNCCc1nnc(C2CCCS2)o1. The second-order valence-electron chi connectivity index (χ2n) is 4.04. The summed E-state index contributed by atoms with van der Waals surface area (Å²) in [5, 5.41) is 12.0. The first-order valence-corrected chi connectivity index (χ1v) is 7.09. The lowest BCUT2D eigenvalue weighted by molar-refractivity contribution is 0.438. The van der Waals surface area contributed by atoms with Crippen molar-refractivity contribution in [2.75, 3.05) is 18.8 Å². The molecule has 1 fully saturated rings. The van der Waals surface area contributed by atoms with Crippen LogP contribution in [0.4, 0.5) is 0 Å². The minimum atomic E-state index is 0.449. The van der Waals surface area contributed by atoms with Crippen LogP contribution >= 0.6 is 11.8 Å². The summed E-state index contributed by atoms with van der Waals surface area (Å²) < 4.78 is 5.66. The Morgan fingerprint density at radius 3 is 3.12 bits per heavy atom. The molecule has 1 aliphatic heterocycles. The normalized spacial score (nSPS) is 20.4. The highest BCUT2D eigenvalue weighted by Gasteiger charge is 2.23. The maximum atomic E-state index is 5.66. The Morgan fingerprint density at radius 2 is 2.38 bits per heavy atom. The van der Waals surface area contributed by atoms with Gasteiger partial charge in [0.2, 0.25) is 11.8 Å². The number of rotatable bonds is 6. The molecular weight excluding hydrogens is 222 g/mol. The van der Waals surface area contributed by atoms with Gasteiger partial charge in [0.1, 0.15) is 0 Å². The molecule has 1 N–H and O–H groups in total. The molecule has 4 nitrogen and oxygen atoms in total. The lowest BCUT2D eigenvalue weighted by Gasteiger charge is -2.00. The molecule has 5 heteroatoms. The fourth-order valence-electron chi connectivity index (χ4n) is 1.77. The molecule has 2 rings (SSSR count). The molecule has 2 heterocycles. The van der Waals surface area contributed by atoms with Crippen molar-refractivity contribution in [2.45, 2.75) is 37.9 Å². The Hall–Kier alpha value is -0.550. The summed E-state index contributed by atoms with van der Waals surface area (Å²) in [6, 6.07) is 0. The lowest BCUT2D eigenvalue weighted by atomic mass is 10.2. The van der Waals surface area contributed by atoms with Crippen LogP contribution in [0.25, 0.3) is 0 Å². The van der Waals surface area contributed by atoms with Gasteiger partial charge in [-0.1, -0.05) is 6.92 Å². The molecule has 16 heavy (non-hydrogen) atoms. The molecule has 0 bridgehead atoms. The Labute approximate surface area is 101 Å². The summed E-state index contributed by atoms with van der Waals surface area (Å²) >= 11 is 1.93. The Bertz CT molecular complexity index is 310. The van der Waals surface area contributed by atoms with Crippen LogP contribution < -0.4 is 5.32 Å². The molecule has 0 spiro atoms. The van der Waals surface area contributed by atoms with Crippen molar-refractivity contribution in [3.63, 3.8) is 0 Å². The van der Waals surface area contributed by atoms with Gasteiger partial charge in [-0.15, -0.1) is 22.0 Å². The van der Waals surface area contributed by atoms with Gasteiger partial charge in [-0.05, 0) is 31.6 Å². The van der Waals surface area contributed by atoms with Gasteiger partial charge in [0, 0.05) is 13.0 Å². The Kier molecular flexibility index (Phi) is 4.66. The van der Waals surface area contributed by atoms with Gasteiger partial charge in [-0.3, -0.25) is 0 Å². The molecular formula is C11H19N3OS. The van der Waals surface area contributed by atoms with Gasteiger partial charge >= 0.3 is 0 Å². The summed E-state index contributed by atoms with van der Waals surface area (Å²) in [5.74, 6) is 2.82. The van der Waals surface area contributed by atoms with Crippen LogP contribution in [0.5, 0.6) is 0 Å². The fourth-order valence-corrected chi connectivity index (χ4v) is 2.96. The van der Waals surface area contributed by atoms with Gasteiger partial charge in [-0.25, -0.2) is 0 Å². The van der Waals surface area contributed by atoms with Gasteiger partial charge < -0.3 is 9.73 Å². The molecule has 90 valence electrons. The predicted molar refractivity (Wildman–Crippen MR) is 65.6 cm³/mol. The molecule has 1 atom stereocenters. The van der Waals surface area contributed by atoms with Crippen LogP contribution in [0.3, 0.4) is 0 Å². The molecule has 1 aromatic heterocycles. The van der Waals surface area contributed by atoms with Crippen molar-refractivity contribution >= 4 is 11.8 Å². The Morgan fingerprint density at radius 1 is 1.44 bits per heavy atom. The number of hydrogen-bond donors (Lipinski definition) is 1. The third-order valence-electron chi connectivity index (χ3n) is 2.63. The first kappa shape index (κ1) is 11.9. The van der Waals surface area contributed by atoms with E-state index >= 15 is 0 Å². The Balaban J connectivity index is 1.77. The van der Waals surface area contributed by atoms with Crippen molar-refractivity contribution in [1.29, 1.82) is 0 Å². The number of thioether (sulfide) groups is 1. The van der Waals surface area contributed by atoms with Gasteiger partial charge in [0.25, 0.3) is 0 Å². The van der Waals surface area contributed by atoms with Crippen LogP contribution in [0.15, 0.2) is 4.42 Å². The number of nitrogens with one attached hydrogen (secondary N) is 1. The van der Waals surface area contributed by atoms with E-state index in [4.69, 9.17) is 4.42 Å². The molecule has 0 radical (unpaired) electrons. The maximum Gasteiger partial charge on any atom is 0.229 e. The van der Waals surface area contributed by atoms with E-state index in [0.29, 0.717) is 5.25 Å². The zero-order valence-corrected chi connectivity index (χ0v) is 10.6. The van der Waals surface area contributed by atoms with Gasteiger partial charge in [0.15, 0.2) is 0 Å². The van der Waals surface area contributed by atoms with E-state index in [-0.39, 0.29) is 0 Å². The van der Waals surface area contributed by atoms with Crippen LogP contribution in [-0.2, 0) is 6.42 Å². The molecule has 1 aromatic rings. The minimum Gasteiger partial charge on any atom is -0.424 e. The highest BCUT2D eigenvalue weighted by atomic mass is 32.2. The monoisotopic (exact) mass is 241 g/mol. The molecule has 0 aromatic carbocycles. The molecule has 0 aliphatic carbocycles. The number of nitrogens with zero attached hydrogens (tertiary/aromatic N) is 2. The van der Waals surface area contributed by atoms with E-state index < -0.39 is 0 Å². The van der Waals surface area contributed by atoms with E-state index in [1.807, 2.05) is 11.8 Å². The zero-order chi connectivity index (χ0) is 11.2. The molecule has 1 saturated heterocycles. The minimum absolute atomic E-state index is 0.449. The van der Waals surface area contributed by atoms with Crippen LogP contribution in [0, 0.1) is 0 Å². The van der Waals surface area contributed by atoms with Crippen molar-refractivity contribution in [3.05, 3.63) is 11.8 Å². The highest BCUT2D eigenvalue weighted by molar-refractivity contribution is 7.99. The second-order valence-corrected chi connectivity index (χ2v) is 5.35. The van der Waals surface area contributed by atoms with Crippen LogP contribution in [0.2, 0.25) is 0 Å². The average Bonchev–Trinajstić information content (AvgIpc) is 2.94. The van der Waals surface area contributed by atoms with Crippen molar-refractivity contribution in [3.8, 4) is 0 Å². The third-order valence-corrected chi connectivity index (χ3v) is 3.99. The first-order valence-electron chi connectivity index (χ1n) is 6.04. The zero-order valence-electron chi connectivity index (χ0n) is 9.74. The number of hydrogen-bond acceptors (Lipinski definition) is 5. The predicted octanol–water partition coefficient (Wildman–Crippen LogP) is 2.18. The lowest BCUT2D eigenvalue weighted by Crippen LogP contribution is -2.17. The molecule has 1 aliphatic rings. The van der Waals surface area contributed by atoms with Crippen molar-refractivity contribution < 1.29 is 4.42 Å². The van der Waals surface area contributed by atoms with E-state index in [9.17, 15) is 0 Å². The summed E-state index contributed by atoms with van der Waals surface area (Å²) in [5.41, 5.74) is 0. The summed E-state index contributed by atoms with van der Waals surface area (Å²) in [6.45, 7) is 4.14. The van der Waals surface area contributed by atoms with Gasteiger partial charge in [0.05, 0.1) is 5.25 Å². The quantitative estimate of drug-likeness (QED) is 0.774. The fraction of sp³-hybridized carbons (Fsp3) is 0.818. The van der Waals surface area contributed by atoms with Crippen LogP contribution in [0.1, 0.15) is 43.2 Å². The van der Waals surface area contributed by atoms with E-state index in [0.717, 1.165) is 37.7 Å². The van der Waals surface area contributed by atoms with Gasteiger partial charge in [-0.2, -0.15) is 0 Å². The largest absolute Gasteiger partial charge is 0.424 e. The topological polar surface area (TPSA) is 51.0 Å². The summed E-state index contributed by atoms with van der Waals surface area (Å²) in [4.78, 5) is 0. The molecule has 0 saturated carbocycles. The average molecular weight is 241 g/mol. The third kappa shape index (κ3) is 3.22. The number of aromatic nitrogens is 2. The van der Waals surface area contributed by atoms with Crippen molar-refractivity contribution in [1.82, 2.24) is 15.5 Å². The molecule has 0 amide bonds. The van der Waals surface area contributed by atoms with E-state index in [1.165, 1.54) is 18.6 Å². The second kappa shape index (κ2) is 6.25. The van der Waals surface area contributed by atoms with E-state index in [2.05, 4.69) is 22.4 Å². The summed E-state index contributed by atoms with van der Waals surface area (Å²) in [6.07, 6.45) is 4.45.